The van der Waals surface area contributed by atoms with Crippen molar-refractivity contribution in [2.24, 2.45) is 0 Å². The van der Waals surface area contributed by atoms with Crippen LogP contribution in [0.3, 0.4) is 0 Å². The number of hydrogen-bond acceptors (Lipinski definition) is 4. The fourth-order valence-electron chi connectivity index (χ4n) is 2.28. The highest BCUT2D eigenvalue weighted by Gasteiger charge is 2.27. The molecule has 2 unspecified atom stereocenters. The number of rotatable bonds is 2. The number of benzene rings is 1. The lowest BCUT2D eigenvalue weighted by molar-refractivity contribution is -0.152. The van der Waals surface area contributed by atoms with Crippen LogP contribution in [0.4, 0.5) is 0 Å². The zero-order valence-electron chi connectivity index (χ0n) is 11.4. The number of ether oxygens (including phenoxy) is 2. The minimum Gasteiger partial charge on any atom is -0.478 e. The third kappa shape index (κ3) is 3.26. The van der Waals surface area contributed by atoms with E-state index in [0.29, 0.717) is 25.2 Å². The second kappa shape index (κ2) is 6.06. The van der Waals surface area contributed by atoms with Crippen LogP contribution in [0.2, 0.25) is 0 Å². The highest BCUT2D eigenvalue weighted by atomic mass is 16.6. The van der Waals surface area contributed by atoms with E-state index >= 15 is 0 Å². The molecular formula is C15H20O4. The summed E-state index contributed by atoms with van der Waals surface area (Å²) in [7, 11) is 0. The molecule has 0 saturated heterocycles. The van der Waals surface area contributed by atoms with Gasteiger partial charge < -0.3 is 14.6 Å². The molecule has 2 atom stereocenters. The van der Waals surface area contributed by atoms with Crippen LogP contribution < -0.4 is 4.74 Å². The number of fused-ring (bicyclic) bond motifs is 1. The van der Waals surface area contributed by atoms with E-state index in [1.807, 2.05) is 25.1 Å². The van der Waals surface area contributed by atoms with E-state index in [4.69, 9.17) is 9.47 Å². The first-order valence-electron chi connectivity index (χ1n) is 6.73. The van der Waals surface area contributed by atoms with E-state index in [-0.39, 0.29) is 5.97 Å². The summed E-state index contributed by atoms with van der Waals surface area (Å²) in [6.45, 7) is 4.08. The Morgan fingerprint density at radius 1 is 1.47 bits per heavy atom. The van der Waals surface area contributed by atoms with Crippen molar-refractivity contribution in [3.8, 4) is 5.75 Å². The average Bonchev–Trinajstić information content (AvgIpc) is 2.35. The van der Waals surface area contributed by atoms with Gasteiger partial charge in [-0.1, -0.05) is 12.1 Å². The maximum absolute atomic E-state index is 11.8. The van der Waals surface area contributed by atoms with E-state index in [2.05, 4.69) is 0 Å². The number of carbonyl (C=O) groups is 1. The summed E-state index contributed by atoms with van der Waals surface area (Å²) < 4.78 is 10.8. The van der Waals surface area contributed by atoms with Gasteiger partial charge in [0.15, 0.2) is 6.10 Å². The first-order chi connectivity index (χ1) is 9.11. The third-order valence-corrected chi connectivity index (χ3v) is 3.29. The molecule has 1 heterocycles. The van der Waals surface area contributed by atoms with Crippen molar-refractivity contribution in [1.82, 2.24) is 0 Å². The molecule has 0 amide bonds. The van der Waals surface area contributed by atoms with Crippen LogP contribution in [0.5, 0.6) is 5.75 Å². The molecule has 1 aromatic carbocycles. The summed E-state index contributed by atoms with van der Waals surface area (Å²) in [5.74, 6) is 0.261. The van der Waals surface area contributed by atoms with Crippen molar-refractivity contribution in [2.45, 2.75) is 45.3 Å². The Morgan fingerprint density at radius 2 is 2.26 bits per heavy atom. The van der Waals surface area contributed by atoms with Gasteiger partial charge in [0.2, 0.25) is 0 Å². The van der Waals surface area contributed by atoms with Crippen molar-refractivity contribution in [2.75, 3.05) is 6.61 Å². The summed E-state index contributed by atoms with van der Waals surface area (Å²) in [6.07, 6.45) is 0.836. The minimum absolute atomic E-state index is 0.327. The molecule has 0 saturated carbocycles. The van der Waals surface area contributed by atoms with Gasteiger partial charge >= 0.3 is 5.97 Å². The predicted octanol–water partition coefficient (Wildman–Crippen LogP) is 2.52. The SMILES string of the molecule is CCOC(=O)C1CCCC(O)c2ccc(C)cc2O1. The Hall–Kier alpha value is -1.55. The fourth-order valence-corrected chi connectivity index (χ4v) is 2.28. The molecule has 1 aromatic rings. The van der Waals surface area contributed by atoms with Gasteiger partial charge in [0, 0.05) is 5.56 Å². The van der Waals surface area contributed by atoms with Gasteiger partial charge in [0.05, 0.1) is 12.7 Å². The van der Waals surface area contributed by atoms with E-state index in [0.717, 1.165) is 17.5 Å². The molecule has 0 radical (unpaired) electrons. The van der Waals surface area contributed by atoms with Crippen LogP contribution in [0.1, 0.15) is 43.4 Å². The van der Waals surface area contributed by atoms with Crippen molar-refractivity contribution >= 4 is 5.97 Å². The van der Waals surface area contributed by atoms with E-state index < -0.39 is 12.2 Å². The van der Waals surface area contributed by atoms with Gasteiger partial charge in [-0.15, -0.1) is 0 Å². The van der Waals surface area contributed by atoms with Gasteiger partial charge in [-0.2, -0.15) is 0 Å². The molecule has 2 rings (SSSR count). The van der Waals surface area contributed by atoms with Crippen LogP contribution >= 0.6 is 0 Å². The zero-order chi connectivity index (χ0) is 13.8. The second-order valence-corrected chi connectivity index (χ2v) is 4.85. The molecule has 4 heteroatoms. The quantitative estimate of drug-likeness (QED) is 0.834. The van der Waals surface area contributed by atoms with Crippen molar-refractivity contribution < 1.29 is 19.4 Å². The van der Waals surface area contributed by atoms with Crippen LogP contribution in [-0.4, -0.2) is 23.8 Å². The van der Waals surface area contributed by atoms with Gasteiger partial charge in [-0.25, -0.2) is 4.79 Å². The molecule has 1 aliphatic rings. The number of aryl methyl sites for hydroxylation is 1. The molecule has 0 bridgehead atoms. The first-order valence-corrected chi connectivity index (χ1v) is 6.73. The summed E-state index contributed by atoms with van der Waals surface area (Å²) in [5.41, 5.74) is 1.79. The van der Waals surface area contributed by atoms with Crippen LogP contribution in [0.25, 0.3) is 0 Å². The Kier molecular flexibility index (Phi) is 4.43. The monoisotopic (exact) mass is 264 g/mol. The molecule has 1 N–H and O–H groups in total. The van der Waals surface area contributed by atoms with Crippen LogP contribution in [0, 0.1) is 6.92 Å². The van der Waals surface area contributed by atoms with Crippen LogP contribution in [0.15, 0.2) is 18.2 Å². The average molecular weight is 264 g/mol. The lowest BCUT2D eigenvalue weighted by Gasteiger charge is -2.25. The Labute approximate surface area is 113 Å². The van der Waals surface area contributed by atoms with Crippen molar-refractivity contribution in [3.63, 3.8) is 0 Å². The zero-order valence-corrected chi connectivity index (χ0v) is 11.4. The largest absolute Gasteiger partial charge is 0.478 e. The molecule has 19 heavy (non-hydrogen) atoms. The summed E-state index contributed by atoms with van der Waals surface area (Å²) in [4.78, 5) is 11.8. The number of esters is 1. The lowest BCUT2D eigenvalue weighted by atomic mass is 9.98. The van der Waals surface area contributed by atoms with E-state index in [1.54, 1.807) is 6.92 Å². The fraction of sp³-hybridized carbons (Fsp3) is 0.533. The Balaban J connectivity index is 2.27. The molecule has 1 aliphatic heterocycles. The van der Waals surface area contributed by atoms with Crippen molar-refractivity contribution in [3.05, 3.63) is 29.3 Å². The summed E-state index contributed by atoms with van der Waals surface area (Å²) >= 11 is 0. The van der Waals surface area contributed by atoms with Gasteiger partial charge in [-0.05, 0) is 44.7 Å². The van der Waals surface area contributed by atoms with Crippen LogP contribution in [-0.2, 0) is 9.53 Å². The molecule has 0 aliphatic carbocycles. The maximum Gasteiger partial charge on any atom is 0.347 e. The molecule has 0 fully saturated rings. The predicted molar refractivity (Wildman–Crippen MR) is 71.0 cm³/mol. The first kappa shape index (κ1) is 13.9. The summed E-state index contributed by atoms with van der Waals surface area (Å²) in [6, 6.07) is 5.66. The topological polar surface area (TPSA) is 55.8 Å². The van der Waals surface area contributed by atoms with Gasteiger partial charge in [0.25, 0.3) is 0 Å². The smallest absolute Gasteiger partial charge is 0.347 e. The number of aliphatic hydroxyl groups is 1. The Morgan fingerprint density at radius 3 is 3.00 bits per heavy atom. The normalized spacial score (nSPS) is 22.7. The second-order valence-electron chi connectivity index (χ2n) is 4.85. The standard InChI is InChI=1S/C15H20O4/c1-3-18-15(17)13-6-4-5-12(16)11-8-7-10(2)9-14(11)19-13/h7-9,12-13,16H,3-6H2,1-2H3. The van der Waals surface area contributed by atoms with Gasteiger partial charge in [-0.3, -0.25) is 0 Å². The Bertz CT molecular complexity index is 455. The lowest BCUT2D eigenvalue weighted by Crippen LogP contribution is -2.31. The van der Waals surface area contributed by atoms with E-state index in [1.165, 1.54) is 0 Å². The highest BCUT2D eigenvalue weighted by molar-refractivity contribution is 5.75. The summed E-state index contributed by atoms with van der Waals surface area (Å²) in [5, 5.41) is 10.1. The number of carbonyl (C=O) groups excluding carboxylic acids is 1. The van der Waals surface area contributed by atoms with E-state index in [9.17, 15) is 9.90 Å². The molecule has 104 valence electrons. The maximum atomic E-state index is 11.8. The molecule has 4 nitrogen and oxygen atoms in total. The number of hydrogen-bond donors (Lipinski definition) is 1. The third-order valence-electron chi connectivity index (χ3n) is 3.29. The highest BCUT2D eigenvalue weighted by Crippen LogP contribution is 2.33. The minimum atomic E-state index is -0.576. The van der Waals surface area contributed by atoms with Gasteiger partial charge in [0.1, 0.15) is 5.75 Å². The molecule has 0 spiro atoms. The molecule has 0 aromatic heterocycles. The number of aliphatic hydroxyl groups excluding tert-OH is 1. The molecular weight excluding hydrogens is 244 g/mol. The van der Waals surface area contributed by atoms with Crippen molar-refractivity contribution in [1.29, 1.82) is 0 Å².